The van der Waals surface area contributed by atoms with E-state index in [0.29, 0.717) is 17.2 Å². The van der Waals surface area contributed by atoms with E-state index in [0.717, 1.165) is 21.6 Å². The molecule has 1 heterocycles. The zero-order valence-corrected chi connectivity index (χ0v) is 18.5. The standard InChI is InChI=1S/C26H25N3O4/c1-17-11-12-18(2)22(13-17)27-24(30)16-29-25(31)15-23(28-26(29)32)19-7-6-10-21(14-19)33-20-8-4-3-5-9-20/h3-14,23H,15-16H2,1-2H3,(H,27,30)(H,28,32). The average Bonchev–Trinajstić information content (AvgIpc) is 2.79. The molecule has 2 N–H and O–H groups in total. The van der Waals surface area contributed by atoms with E-state index in [2.05, 4.69) is 10.6 Å². The van der Waals surface area contributed by atoms with E-state index in [1.54, 1.807) is 6.07 Å². The zero-order valence-electron chi connectivity index (χ0n) is 18.5. The van der Waals surface area contributed by atoms with E-state index < -0.39 is 23.9 Å². The Morgan fingerprint density at radius 3 is 2.52 bits per heavy atom. The van der Waals surface area contributed by atoms with Crippen LogP contribution >= 0.6 is 0 Å². The zero-order chi connectivity index (χ0) is 23.4. The topological polar surface area (TPSA) is 87.7 Å². The first kappa shape index (κ1) is 22.1. The Morgan fingerprint density at radius 2 is 1.76 bits per heavy atom. The van der Waals surface area contributed by atoms with E-state index in [4.69, 9.17) is 4.74 Å². The van der Waals surface area contributed by atoms with Gasteiger partial charge in [0.05, 0.1) is 12.5 Å². The normalized spacial score (nSPS) is 15.7. The van der Waals surface area contributed by atoms with Crippen molar-refractivity contribution in [2.75, 3.05) is 11.9 Å². The van der Waals surface area contributed by atoms with Crippen LogP contribution in [0.25, 0.3) is 0 Å². The van der Waals surface area contributed by atoms with Crippen molar-refractivity contribution >= 4 is 23.5 Å². The molecule has 1 saturated heterocycles. The molecule has 1 unspecified atom stereocenters. The van der Waals surface area contributed by atoms with Crippen LogP contribution in [0.3, 0.4) is 0 Å². The van der Waals surface area contributed by atoms with Gasteiger partial charge in [-0.25, -0.2) is 4.79 Å². The van der Waals surface area contributed by atoms with Gasteiger partial charge in [0.25, 0.3) is 0 Å². The van der Waals surface area contributed by atoms with Crippen molar-refractivity contribution in [3.05, 3.63) is 89.5 Å². The fourth-order valence-electron chi connectivity index (χ4n) is 3.66. The minimum Gasteiger partial charge on any atom is -0.457 e. The molecule has 1 aliphatic heterocycles. The van der Waals surface area contributed by atoms with Crippen molar-refractivity contribution in [3.63, 3.8) is 0 Å². The molecule has 3 aromatic rings. The molecule has 0 saturated carbocycles. The Morgan fingerprint density at radius 1 is 1.00 bits per heavy atom. The monoisotopic (exact) mass is 443 g/mol. The Bertz CT molecular complexity index is 1180. The van der Waals surface area contributed by atoms with Crippen LogP contribution in [0, 0.1) is 13.8 Å². The minimum absolute atomic E-state index is 0.0529. The summed E-state index contributed by atoms with van der Waals surface area (Å²) in [4.78, 5) is 38.8. The fraction of sp³-hybridized carbons (Fsp3) is 0.192. The molecule has 0 spiro atoms. The first-order valence-corrected chi connectivity index (χ1v) is 10.7. The van der Waals surface area contributed by atoms with Gasteiger partial charge in [-0.2, -0.15) is 0 Å². The van der Waals surface area contributed by atoms with Crippen LogP contribution in [-0.4, -0.2) is 29.3 Å². The van der Waals surface area contributed by atoms with E-state index in [1.165, 1.54) is 0 Å². The quantitative estimate of drug-likeness (QED) is 0.577. The first-order chi connectivity index (χ1) is 15.9. The number of carbonyl (C=O) groups is 3. The Labute approximate surface area is 192 Å². The van der Waals surface area contributed by atoms with Crippen LogP contribution in [0.5, 0.6) is 11.5 Å². The number of imide groups is 1. The molecular formula is C26H25N3O4. The molecule has 7 nitrogen and oxygen atoms in total. The third-order valence-corrected chi connectivity index (χ3v) is 5.43. The summed E-state index contributed by atoms with van der Waals surface area (Å²) in [6.07, 6.45) is 0.0529. The Kier molecular flexibility index (Phi) is 6.40. The highest BCUT2D eigenvalue weighted by Gasteiger charge is 2.34. The van der Waals surface area contributed by atoms with Gasteiger partial charge in [-0.15, -0.1) is 0 Å². The largest absolute Gasteiger partial charge is 0.457 e. The van der Waals surface area contributed by atoms with Crippen LogP contribution in [-0.2, 0) is 9.59 Å². The molecule has 3 aromatic carbocycles. The number of nitrogens with one attached hydrogen (secondary N) is 2. The van der Waals surface area contributed by atoms with Gasteiger partial charge in [-0.3, -0.25) is 14.5 Å². The average molecular weight is 444 g/mol. The van der Waals surface area contributed by atoms with Gasteiger partial charge in [-0.1, -0.05) is 42.5 Å². The predicted octanol–water partition coefficient (Wildman–Crippen LogP) is 4.72. The van der Waals surface area contributed by atoms with Crippen molar-refractivity contribution < 1.29 is 19.1 Å². The predicted molar refractivity (Wildman–Crippen MR) is 125 cm³/mol. The van der Waals surface area contributed by atoms with Gasteiger partial charge >= 0.3 is 6.03 Å². The van der Waals surface area contributed by atoms with Crippen molar-refractivity contribution in [2.45, 2.75) is 26.3 Å². The number of carbonyl (C=O) groups excluding carboxylic acids is 3. The second-order valence-corrected chi connectivity index (χ2v) is 8.04. The maximum atomic E-state index is 12.7. The first-order valence-electron chi connectivity index (χ1n) is 10.7. The number of para-hydroxylation sites is 1. The molecule has 0 radical (unpaired) electrons. The summed E-state index contributed by atoms with van der Waals surface area (Å²) in [6.45, 7) is 3.46. The van der Waals surface area contributed by atoms with E-state index in [1.807, 2.05) is 80.6 Å². The number of aryl methyl sites for hydroxylation is 2. The van der Waals surface area contributed by atoms with Crippen LogP contribution in [0.15, 0.2) is 72.8 Å². The SMILES string of the molecule is Cc1ccc(C)c(NC(=O)CN2C(=O)CC(c3cccc(Oc4ccccc4)c3)NC2=O)c1. The molecule has 4 rings (SSSR count). The van der Waals surface area contributed by atoms with Crippen molar-refractivity contribution in [2.24, 2.45) is 0 Å². The lowest BCUT2D eigenvalue weighted by Crippen LogP contribution is -2.53. The molecule has 0 aromatic heterocycles. The lowest BCUT2D eigenvalue weighted by Gasteiger charge is -2.31. The third-order valence-electron chi connectivity index (χ3n) is 5.43. The number of benzene rings is 3. The van der Waals surface area contributed by atoms with Gasteiger partial charge in [-0.05, 0) is 60.9 Å². The van der Waals surface area contributed by atoms with Gasteiger partial charge in [0.15, 0.2) is 0 Å². The number of rotatable bonds is 6. The maximum absolute atomic E-state index is 12.7. The number of ether oxygens (including phenoxy) is 1. The summed E-state index contributed by atoms with van der Waals surface area (Å²) < 4.78 is 5.85. The maximum Gasteiger partial charge on any atom is 0.325 e. The number of urea groups is 1. The number of hydrogen-bond acceptors (Lipinski definition) is 4. The highest BCUT2D eigenvalue weighted by molar-refractivity contribution is 6.03. The smallest absolute Gasteiger partial charge is 0.325 e. The van der Waals surface area contributed by atoms with Crippen molar-refractivity contribution in [3.8, 4) is 11.5 Å². The van der Waals surface area contributed by atoms with Gasteiger partial charge in [0.1, 0.15) is 18.0 Å². The second-order valence-electron chi connectivity index (χ2n) is 8.04. The van der Waals surface area contributed by atoms with Gasteiger partial charge in [0.2, 0.25) is 11.8 Å². The fourth-order valence-corrected chi connectivity index (χ4v) is 3.66. The highest BCUT2D eigenvalue weighted by atomic mass is 16.5. The molecule has 7 heteroatoms. The number of anilines is 1. The van der Waals surface area contributed by atoms with E-state index >= 15 is 0 Å². The summed E-state index contributed by atoms with van der Waals surface area (Å²) in [5.74, 6) is 0.466. The lowest BCUT2D eigenvalue weighted by molar-refractivity contribution is -0.133. The minimum atomic E-state index is -0.596. The highest BCUT2D eigenvalue weighted by Crippen LogP contribution is 2.28. The third kappa shape index (κ3) is 5.38. The van der Waals surface area contributed by atoms with E-state index in [-0.39, 0.29) is 13.0 Å². The van der Waals surface area contributed by atoms with Crippen molar-refractivity contribution in [1.29, 1.82) is 0 Å². The van der Waals surface area contributed by atoms with Gasteiger partial charge in [0, 0.05) is 5.69 Å². The lowest BCUT2D eigenvalue weighted by atomic mass is 10.0. The molecule has 0 bridgehead atoms. The molecule has 33 heavy (non-hydrogen) atoms. The number of hydrogen-bond donors (Lipinski definition) is 2. The summed E-state index contributed by atoms with van der Waals surface area (Å²) in [5, 5.41) is 5.61. The molecule has 168 valence electrons. The van der Waals surface area contributed by atoms with Crippen LogP contribution in [0.1, 0.15) is 29.2 Å². The molecule has 4 amide bonds. The van der Waals surface area contributed by atoms with Crippen molar-refractivity contribution in [1.82, 2.24) is 10.2 Å². The molecular weight excluding hydrogens is 418 g/mol. The Balaban J connectivity index is 1.40. The van der Waals surface area contributed by atoms with Crippen LogP contribution in [0.2, 0.25) is 0 Å². The molecule has 1 atom stereocenters. The molecule has 1 fully saturated rings. The Hall–Kier alpha value is -4.13. The number of amides is 4. The van der Waals surface area contributed by atoms with Crippen LogP contribution in [0.4, 0.5) is 10.5 Å². The van der Waals surface area contributed by atoms with Crippen LogP contribution < -0.4 is 15.4 Å². The summed E-state index contributed by atoms with van der Waals surface area (Å²) >= 11 is 0. The number of nitrogens with zero attached hydrogens (tertiary/aromatic N) is 1. The van der Waals surface area contributed by atoms with E-state index in [9.17, 15) is 14.4 Å². The molecule has 1 aliphatic rings. The summed E-state index contributed by atoms with van der Waals surface area (Å²) in [6, 6.07) is 21.2. The van der Waals surface area contributed by atoms with Gasteiger partial charge < -0.3 is 15.4 Å². The summed E-state index contributed by atoms with van der Waals surface area (Å²) in [7, 11) is 0. The molecule has 0 aliphatic carbocycles. The second kappa shape index (κ2) is 9.56. The summed E-state index contributed by atoms with van der Waals surface area (Å²) in [5.41, 5.74) is 3.33.